The number of benzene rings is 1. The fraction of sp³-hybridized carbons (Fsp3) is 0.450. The van der Waals surface area contributed by atoms with Crippen LogP contribution in [0.4, 0.5) is 19.3 Å². The molecule has 0 bridgehead atoms. The number of carbonyl (C=O) groups is 2. The van der Waals surface area contributed by atoms with Crippen molar-refractivity contribution in [1.82, 2.24) is 10.3 Å². The van der Waals surface area contributed by atoms with Crippen LogP contribution in [0.15, 0.2) is 24.3 Å². The predicted octanol–water partition coefficient (Wildman–Crippen LogP) is 3.63. The first-order chi connectivity index (χ1) is 13.2. The molecule has 0 unspecified atom stereocenters. The Bertz CT molecular complexity index is 898. The number of hydrogen-bond acceptors (Lipinski definition) is 5. The number of fused-ring (bicyclic) bond motifs is 1. The maximum Gasteiger partial charge on any atom is 0.415 e. The predicted molar refractivity (Wildman–Crippen MR) is 102 cm³/mol. The van der Waals surface area contributed by atoms with Gasteiger partial charge in [0.15, 0.2) is 6.29 Å². The Labute approximate surface area is 161 Å². The van der Waals surface area contributed by atoms with E-state index in [0.29, 0.717) is 19.3 Å². The molecule has 3 rings (SSSR count). The van der Waals surface area contributed by atoms with Gasteiger partial charge in [0.2, 0.25) is 0 Å². The number of ether oxygens (including phenoxy) is 1. The summed E-state index contributed by atoms with van der Waals surface area (Å²) in [5, 5.41) is 3.09. The molecule has 2 aromatic rings. The van der Waals surface area contributed by atoms with Crippen LogP contribution < -0.4 is 10.2 Å². The molecule has 0 saturated carbocycles. The Morgan fingerprint density at radius 2 is 2.07 bits per heavy atom. The Morgan fingerprint density at radius 1 is 1.32 bits per heavy atom. The summed E-state index contributed by atoms with van der Waals surface area (Å²) in [6.07, 6.45) is -1.19. The number of carbonyl (C=O) groups excluding carboxylic acids is 2. The minimum absolute atomic E-state index is 0.0885. The van der Waals surface area contributed by atoms with E-state index in [1.807, 2.05) is 0 Å². The SMILES string of the molecule is CC(C)(C)OC(=O)N(c1ccc(F)c2ccc(C=O)nc12)[C@@H]1CCNC[C@@H]1F. The van der Waals surface area contributed by atoms with Crippen LogP contribution >= 0.6 is 0 Å². The van der Waals surface area contributed by atoms with Crippen molar-refractivity contribution < 1.29 is 23.1 Å². The van der Waals surface area contributed by atoms with Crippen molar-refractivity contribution in [3.8, 4) is 0 Å². The van der Waals surface area contributed by atoms with E-state index in [1.165, 1.54) is 29.2 Å². The maximum atomic E-state index is 14.7. The number of rotatable bonds is 3. The normalized spacial score (nSPS) is 20.0. The molecule has 0 radical (unpaired) electrons. The lowest BCUT2D eigenvalue weighted by molar-refractivity contribution is 0.0535. The Morgan fingerprint density at radius 3 is 2.71 bits per heavy atom. The number of aldehydes is 1. The second-order valence-electron chi connectivity index (χ2n) is 7.74. The van der Waals surface area contributed by atoms with Gasteiger partial charge in [-0.1, -0.05) is 0 Å². The lowest BCUT2D eigenvalue weighted by Crippen LogP contribution is -2.54. The number of nitrogens with one attached hydrogen (secondary N) is 1. The molecule has 1 aromatic heterocycles. The summed E-state index contributed by atoms with van der Waals surface area (Å²) in [7, 11) is 0. The average molecular weight is 391 g/mol. The van der Waals surface area contributed by atoms with E-state index < -0.39 is 29.7 Å². The average Bonchev–Trinajstić information content (AvgIpc) is 2.63. The summed E-state index contributed by atoms with van der Waals surface area (Å²) in [5.74, 6) is -0.546. The highest BCUT2D eigenvalue weighted by Crippen LogP contribution is 2.32. The second-order valence-corrected chi connectivity index (χ2v) is 7.74. The molecular formula is C20H23F2N3O3. The van der Waals surface area contributed by atoms with E-state index in [0.717, 1.165) is 0 Å². The third kappa shape index (κ3) is 4.11. The molecule has 0 aliphatic carbocycles. The van der Waals surface area contributed by atoms with Crippen molar-refractivity contribution in [3.63, 3.8) is 0 Å². The molecule has 8 heteroatoms. The van der Waals surface area contributed by atoms with Gasteiger partial charge in [-0.25, -0.2) is 18.6 Å². The van der Waals surface area contributed by atoms with Gasteiger partial charge in [-0.15, -0.1) is 0 Å². The van der Waals surface area contributed by atoms with Gasteiger partial charge in [-0.2, -0.15) is 0 Å². The van der Waals surface area contributed by atoms with Gasteiger partial charge < -0.3 is 10.1 Å². The summed E-state index contributed by atoms with van der Waals surface area (Å²) in [6.45, 7) is 5.75. The number of pyridine rings is 1. The van der Waals surface area contributed by atoms with Crippen LogP contribution in [0.2, 0.25) is 0 Å². The lowest BCUT2D eigenvalue weighted by Gasteiger charge is -2.37. The van der Waals surface area contributed by atoms with Crippen LogP contribution in [0.25, 0.3) is 10.9 Å². The molecule has 28 heavy (non-hydrogen) atoms. The number of aromatic nitrogens is 1. The summed E-state index contributed by atoms with van der Waals surface area (Å²) in [5.41, 5.74) is -0.388. The van der Waals surface area contributed by atoms with Gasteiger partial charge in [-0.05, 0) is 58.0 Å². The van der Waals surface area contributed by atoms with Crippen LogP contribution in [0.5, 0.6) is 0 Å². The zero-order chi connectivity index (χ0) is 20.5. The molecule has 1 aliphatic rings. The molecular weight excluding hydrogens is 368 g/mol. The minimum Gasteiger partial charge on any atom is -0.443 e. The van der Waals surface area contributed by atoms with E-state index in [1.54, 1.807) is 20.8 Å². The highest BCUT2D eigenvalue weighted by Gasteiger charge is 2.37. The third-order valence-electron chi connectivity index (χ3n) is 4.48. The number of nitrogens with zero attached hydrogens (tertiary/aromatic N) is 2. The van der Waals surface area contributed by atoms with Gasteiger partial charge in [0, 0.05) is 11.9 Å². The van der Waals surface area contributed by atoms with E-state index >= 15 is 0 Å². The number of anilines is 1. The van der Waals surface area contributed by atoms with Crippen molar-refractivity contribution in [2.24, 2.45) is 0 Å². The van der Waals surface area contributed by atoms with Crippen molar-refractivity contribution in [3.05, 3.63) is 35.8 Å². The molecule has 1 amide bonds. The van der Waals surface area contributed by atoms with Crippen molar-refractivity contribution in [2.75, 3.05) is 18.0 Å². The first kappa shape index (κ1) is 20.1. The number of hydrogen-bond donors (Lipinski definition) is 1. The minimum atomic E-state index is -1.34. The summed E-state index contributed by atoms with van der Waals surface area (Å²) in [6, 6.07) is 4.59. The molecule has 1 saturated heterocycles. The first-order valence-corrected chi connectivity index (χ1v) is 9.12. The highest BCUT2D eigenvalue weighted by atomic mass is 19.1. The molecule has 1 fully saturated rings. The summed E-state index contributed by atoms with van der Waals surface area (Å²) < 4.78 is 34.5. The maximum absolute atomic E-state index is 14.7. The smallest absolute Gasteiger partial charge is 0.415 e. The Balaban J connectivity index is 2.18. The number of halogens is 2. The lowest BCUT2D eigenvalue weighted by atomic mass is 10.0. The molecule has 1 aliphatic heterocycles. The van der Waals surface area contributed by atoms with Crippen molar-refractivity contribution in [2.45, 2.75) is 45.0 Å². The Hall–Kier alpha value is -2.61. The quantitative estimate of drug-likeness (QED) is 0.809. The molecule has 2 atom stereocenters. The van der Waals surface area contributed by atoms with Crippen LogP contribution in [0, 0.1) is 5.82 Å². The van der Waals surface area contributed by atoms with Crippen LogP contribution in [-0.2, 0) is 4.74 Å². The van der Waals surface area contributed by atoms with Crippen LogP contribution in [0.3, 0.4) is 0 Å². The van der Waals surface area contributed by atoms with E-state index in [4.69, 9.17) is 4.74 Å². The molecule has 150 valence electrons. The standard InChI is InChI=1S/C20H23F2N3O3/c1-20(2,3)28-19(27)25(16-8-9-23-10-15(16)22)17-7-6-14(21)13-5-4-12(11-26)24-18(13)17/h4-7,11,15-16,23H,8-10H2,1-3H3/t15-,16+/m0/s1. The second kappa shape index (κ2) is 7.79. The van der Waals surface area contributed by atoms with Gasteiger partial charge in [0.1, 0.15) is 23.3 Å². The molecule has 1 N–H and O–H groups in total. The molecule has 1 aromatic carbocycles. The monoisotopic (exact) mass is 391 g/mol. The highest BCUT2D eigenvalue weighted by molar-refractivity contribution is 6.01. The fourth-order valence-electron chi connectivity index (χ4n) is 3.26. The van der Waals surface area contributed by atoms with E-state index in [2.05, 4.69) is 10.3 Å². The zero-order valence-corrected chi connectivity index (χ0v) is 16.0. The van der Waals surface area contributed by atoms with Gasteiger partial charge in [0.25, 0.3) is 0 Å². The number of alkyl halides is 1. The topological polar surface area (TPSA) is 71.5 Å². The van der Waals surface area contributed by atoms with E-state index in [-0.39, 0.29) is 28.8 Å². The van der Waals surface area contributed by atoms with Crippen molar-refractivity contribution in [1.29, 1.82) is 0 Å². The summed E-state index contributed by atoms with van der Waals surface area (Å²) in [4.78, 5) is 29.6. The molecule has 0 spiro atoms. The van der Waals surface area contributed by atoms with Crippen LogP contribution in [0.1, 0.15) is 37.7 Å². The third-order valence-corrected chi connectivity index (χ3v) is 4.48. The largest absolute Gasteiger partial charge is 0.443 e. The first-order valence-electron chi connectivity index (χ1n) is 9.12. The van der Waals surface area contributed by atoms with Crippen LogP contribution in [-0.4, -0.2) is 48.3 Å². The van der Waals surface area contributed by atoms with Gasteiger partial charge in [-0.3, -0.25) is 9.69 Å². The number of amides is 1. The zero-order valence-electron chi connectivity index (χ0n) is 16.0. The van der Waals surface area contributed by atoms with Gasteiger partial charge >= 0.3 is 6.09 Å². The van der Waals surface area contributed by atoms with Gasteiger partial charge in [0.05, 0.1) is 17.2 Å². The van der Waals surface area contributed by atoms with Crippen molar-refractivity contribution >= 4 is 29.0 Å². The Kier molecular flexibility index (Phi) is 5.60. The fourth-order valence-corrected chi connectivity index (χ4v) is 3.26. The number of piperidine rings is 1. The van der Waals surface area contributed by atoms with E-state index in [9.17, 15) is 18.4 Å². The molecule has 2 heterocycles. The summed E-state index contributed by atoms with van der Waals surface area (Å²) >= 11 is 0. The molecule has 6 nitrogen and oxygen atoms in total.